The zero-order valence-corrected chi connectivity index (χ0v) is 13.9. The fourth-order valence-electron chi connectivity index (χ4n) is 3.74. The molecule has 1 aromatic carbocycles. The van der Waals surface area contributed by atoms with Crippen LogP contribution in [0.4, 0.5) is 0 Å². The molecule has 4 atom stereocenters. The van der Waals surface area contributed by atoms with Gasteiger partial charge < -0.3 is 10.2 Å². The first kappa shape index (κ1) is 16.4. The van der Waals surface area contributed by atoms with E-state index in [0.29, 0.717) is 17.9 Å². The third-order valence-corrected chi connectivity index (χ3v) is 5.61. The molecule has 4 aliphatic heterocycles. The number of fused-ring (bicyclic) bond motifs is 1. The molecule has 4 saturated heterocycles. The van der Waals surface area contributed by atoms with Crippen molar-refractivity contribution in [1.29, 1.82) is 0 Å². The Hall–Kier alpha value is -1.44. The molecule has 2 N–H and O–H groups in total. The van der Waals surface area contributed by atoms with Crippen LogP contribution in [0.25, 0.3) is 0 Å². The normalized spacial score (nSPS) is 31.8. The van der Waals surface area contributed by atoms with Gasteiger partial charge >= 0.3 is 0 Å². The van der Waals surface area contributed by atoms with Crippen molar-refractivity contribution in [3.05, 3.63) is 29.8 Å². The van der Waals surface area contributed by atoms with E-state index in [-0.39, 0.29) is 4.90 Å². The van der Waals surface area contributed by atoms with E-state index in [1.807, 2.05) is 6.92 Å². The summed E-state index contributed by atoms with van der Waals surface area (Å²) in [4.78, 5) is 13.9. The number of nitrogens with zero attached hydrogens (tertiary/aromatic N) is 1. The minimum Gasteiger partial charge on any atom is -0.352 e. The van der Waals surface area contributed by atoms with E-state index in [2.05, 4.69) is 10.2 Å². The number of carbonyl (C=O) groups is 1. The van der Waals surface area contributed by atoms with E-state index in [0.717, 1.165) is 31.0 Å². The molecule has 6 nitrogen and oxygen atoms in total. The Balaban J connectivity index is 0.000000137. The predicted molar refractivity (Wildman–Crippen MR) is 85.6 cm³/mol. The van der Waals surface area contributed by atoms with Crippen LogP contribution >= 0.6 is 0 Å². The quantitative estimate of drug-likeness (QED) is 0.748. The summed E-state index contributed by atoms with van der Waals surface area (Å²) in [5.41, 5.74) is 0.956. The molecule has 7 heteroatoms. The standard InChI is InChI=1S/C9H14N2O.C7H8O3S/c12-9-7-1-6-2-8(10-9)5-11(3-6)4-7;1-6-2-4-7(5-3-6)11(8,9)10/h6-8H,1-5H2,(H,10,12);2-5H,1H3,(H,8,9,10). The monoisotopic (exact) mass is 338 g/mol. The predicted octanol–water partition coefficient (Wildman–Crippen LogP) is 1.07. The number of benzene rings is 1. The smallest absolute Gasteiger partial charge is 0.294 e. The van der Waals surface area contributed by atoms with Gasteiger partial charge in [0.1, 0.15) is 0 Å². The zero-order chi connectivity index (χ0) is 16.6. The zero-order valence-electron chi connectivity index (χ0n) is 13.1. The number of nitrogens with one attached hydrogen (secondary N) is 1. The molecule has 23 heavy (non-hydrogen) atoms. The maximum Gasteiger partial charge on any atom is 0.294 e. The van der Waals surface area contributed by atoms with Gasteiger partial charge in [-0.05, 0) is 37.8 Å². The SMILES string of the molecule is Cc1ccc(S(=O)(=O)O)cc1.O=C1NC2CC3CC1CN(C3)C2. The third-order valence-electron chi connectivity index (χ3n) is 4.75. The summed E-state index contributed by atoms with van der Waals surface area (Å²) in [5.74, 6) is 1.40. The molecule has 4 unspecified atom stereocenters. The lowest BCUT2D eigenvalue weighted by Crippen LogP contribution is -2.48. The van der Waals surface area contributed by atoms with Gasteiger partial charge in [0.15, 0.2) is 0 Å². The maximum atomic E-state index is 11.5. The summed E-state index contributed by atoms with van der Waals surface area (Å²) in [6.45, 7) is 5.19. The molecule has 0 aliphatic carbocycles. The lowest BCUT2D eigenvalue weighted by atomic mass is 9.84. The van der Waals surface area contributed by atoms with Crippen molar-refractivity contribution in [2.45, 2.75) is 30.7 Å². The van der Waals surface area contributed by atoms with Crippen LogP contribution in [-0.4, -0.2) is 49.5 Å². The molecule has 1 amide bonds. The summed E-state index contributed by atoms with van der Waals surface area (Å²) in [5, 5.41) is 3.12. The Kier molecular flexibility index (Phi) is 4.44. The van der Waals surface area contributed by atoms with Gasteiger partial charge in [-0.25, -0.2) is 0 Å². The van der Waals surface area contributed by atoms with E-state index < -0.39 is 10.1 Å². The average molecular weight is 338 g/mol. The Morgan fingerprint density at radius 3 is 2.43 bits per heavy atom. The first-order valence-electron chi connectivity index (χ1n) is 7.88. The molecular formula is C16H22N2O4S. The number of carbonyl (C=O) groups excluding carboxylic acids is 1. The van der Waals surface area contributed by atoms with Crippen LogP contribution in [0, 0.1) is 18.8 Å². The topological polar surface area (TPSA) is 86.7 Å². The minimum absolute atomic E-state index is 0.0666. The van der Waals surface area contributed by atoms with Crippen molar-refractivity contribution in [1.82, 2.24) is 10.2 Å². The molecule has 5 rings (SSSR count). The Bertz CT molecular complexity index is 673. The Labute approximate surface area is 136 Å². The van der Waals surface area contributed by atoms with E-state index in [1.165, 1.54) is 25.1 Å². The summed E-state index contributed by atoms with van der Waals surface area (Å²) in [6, 6.07) is 6.45. The number of hydrogen-bond acceptors (Lipinski definition) is 4. The van der Waals surface area contributed by atoms with Crippen LogP contribution in [0.3, 0.4) is 0 Å². The average Bonchev–Trinajstić information content (AvgIpc) is 2.62. The van der Waals surface area contributed by atoms with Crippen LogP contribution in [0.2, 0.25) is 0 Å². The van der Waals surface area contributed by atoms with Crippen LogP contribution in [0.1, 0.15) is 18.4 Å². The molecule has 0 saturated carbocycles. The number of rotatable bonds is 1. The number of amides is 1. The van der Waals surface area contributed by atoms with Gasteiger partial charge in [0.2, 0.25) is 5.91 Å². The van der Waals surface area contributed by atoms with Crippen molar-refractivity contribution in [2.75, 3.05) is 19.6 Å². The fourth-order valence-corrected chi connectivity index (χ4v) is 4.22. The van der Waals surface area contributed by atoms with Gasteiger partial charge in [0.05, 0.1) is 10.8 Å². The van der Waals surface area contributed by atoms with Gasteiger partial charge in [0, 0.05) is 25.7 Å². The molecule has 1 aromatic rings. The Morgan fingerprint density at radius 1 is 1.13 bits per heavy atom. The molecule has 0 spiro atoms. The number of hydrogen-bond donors (Lipinski definition) is 2. The largest absolute Gasteiger partial charge is 0.352 e. The van der Waals surface area contributed by atoms with Gasteiger partial charge in [0.25, 0.3) is 10.1 Å². The second-order valence-corrected chi connectivity index (χ2v) is 8.17. The highest BCUT2D eigenvalue weighted by Crippen LogP contribution is 2.32. The van der Waals surface area contributed by atoms with E-state index in [1.54, 1.807) is 12.1 Å². The number of piperidine rings is 2. The van der Waals surface area contributed by atoms with Crippen molar-refractivity contribution >= 4 is 16.0 Å². The summed E-state index contributed by atoms with van der Waals surface area (Å²) >= 11 is 0. The lowest BCUT2D eigenvalue weighted by Gasteiger charge is -2.39. The van der Waals surface area contributed by atoms with Gasteiger partial charge in [-0.1, -0.05) is 17.7 Å². The van der Waals surface area contributed by atoms with E-state index in [4.69, 9.17) is 4.55 Å². The lowest BCUT2D eigenvalue weighted by molar-refractivity contribution is -0.125. The van der Waals surface area contributed by atoms with Gasteiger partial charge in [-0.2, -0.15) is 8.42 Å². The first-order chi connectivity index (χ1) is 10.8. The van der Waals surface area contributed by atoms with Crippen molar-refractivity contribution in [2.24, 2.45) is 11.8 Å². The van der Waals surface area contributed by atoms with Crippen LogP contribution < -0.4 is 5.32 Å². The van der Waals surface area contributed by atoms with Gasteiger partial charge in [-0.15, -0.1) is 0 Å². The van der Waals surface area contributed by atoms with Crippen LogP contribution in [-0.2, 0) is 14.9 Å². The highest BCUT2D eigenvalue weighted by atomic mass is 32.2. The Morgan fingerprint density at radius 2 is 1.83 bits per heavy atom. The highest BCUT2D eigenvalue weighted by Gasteiger charge is 2.41. The molecule has 4 aliphatic rings. The number of aryl methyl sites for hydroxylation is 1. The summed E-state index contributed by atoms with van der Waals surface area (Å²) in [7, 11) is -4.02. The molecular weight excluding hydrogens is 316 g/mol. The fraction of sp³-hybridized carbons (Fsp3) is 0.562. The highest BCUT2D eigenvalue weighted by molar-refractivity contribution is 7.85. The minimum atomic E-state index is -4.02. The third kappa shape index (κ3) is 3.91. The molecule has 4 fully saturated rings. The summed E-state index contributed by atoms with van der Waals surface area (Å²) < 4.78 is 29.6. The van der Waals surface area contributed by atoms with Crippen molar-refractivity contribution in [3.8, 4) is 0 Å². The first-order valence-corrected chi connectivity index (χ1v) is 9.32. The van der Waals surface area contributed by atoms with E-state index >= 15 is 0 Å². The molecule has 0 radical (unpaired) electrons. The second kappa shape index (κ2) is 6.22. The van der Waals surface area contributed by atoms with Crippen molar-refractivity contribution in [3.63, 3.8) is 0 Å². The molecule has 4 bridgehead atoms. The van der Waals surface area contributed by atoms with Crippen LogP contribution in [0.5, 0.6) is 0 Å². The van der Waals surface area contributed by atoms with Crippen molar-refractivity contribution < 1.29 is 17.8 Å². The second-order valence-electron chi connectivity index (χ2n) is 6.75. The molecule has 4 heterocycles. The molecule has 0 aromatic heterocycles. The maximum absolute atomic E-state index is 11.5. The van der Waals surface area contributed by atoms with Crippen LogP contribution in [0.15, 0.2) is 29.2 Å². The summed E-state index contributed by atoms with van der Waals surface area (Å²) in [6.07, 6.45) is 2.36. The van der Waals surface area contributed by atoms with E-state index in [9.17, 15) is 13.2 Å². The molecule has 126 valence electrons. The van der Waals surface area contributed by atoms with Gasteiger partial charge in [-0.3, -0.25) is 9.35 Å².